The summed E-state index contributed by atoms with van der Waals surface area (Å²) in [5, 5.41) is 3.87. The Morgan fingerprint density at radius 1 is 1.32 bits per heavy atom. The Bertz CT molecular complexity index is 819. The molecule has 1 atom stereocenters. The second-order valence-corrected chi connectivity index (χ2v) is 8.49. The Balaban J connectivity index is 1.76. The number of hydrogen-bond donors (Lipinski definition) is 2. The lowest BCUT2D eigenvalue weighted by atomic mass is 9.95. The lowest BCUT2D eigenvalue weighted by Gasteiger charge is -2.12. The third-order valence-electron chi connectivity index (χ3n) is 4.10. The van der Waals surface area contributed by atoms with Crippen molar-refractivity contribution < 1.29 is 9.59 Å². The van der Waals surface area contributed by atoms with Gasteiger partial charge >= 0.3 is 0 Å². The Morgan fingerprint density at radius 3 is 2.80 bits per heavy atom. The largest absolute Gasteiger partial charge is 0.365 e. The van der Waals surface area contributed by atoms with Crippen LogP contribution in [0.1, 0.15) is 46.3 Å². The number of carbonyl (C=O) groups excluding carboxylic acids is 2. The fourth-order valence-corrected chi connectivity index (χ4v) is 5.03. The molecule has 0 spiro atoms. The molecule has 1 aliphatic carbocycles. The van der Waals surface area contributed by atoms with Crippen LogP contribution < -0.4 is 11.1 Å². The molecule has 2 heterocycles. The van der Waals surface area contributed by atoms with Gasteiger partial charge in [0.1, 0.15) is 16.4 Å². The van der Waals surface area contributed by atoms with Crippen LogP contribution in [-0.2, 0) is 17.6 Å². The van der Waals surface area contributed by atoms with Gasteiger partial charge in [0.25, 0.3) is 5.91 Å². The van der Waals surface area contributed by atoms with E-state index in [4.69, 9.17) is 5.73 Å². The fourth-order valence-electron chi connectivity index (χ4n) is 2.86. The predicted octanol–water partition coefficient (Wildman–Crippen LogP) is 2.94. The van der Waals surface area contributed by atoms with E-state index in [2.05, 4.69) is 15.3 Å². The van der Waals surface area contributed by atoms with E-state index in [0.29, 0.717) is 10.6 Å². The van der Waals surface area contributed by atoms with E-state index in [9.17, 15) is 9.59 Å². The summed E-state index contributed by atoms with van der Waals surface area (Å²) in [4.78, 5) is 33.8. The molecule has 3 N–H and O–H groups in total. The van der Waals surface area contributed by atoms with E-state index < -0.39 is 5.91 Å². The van der Waals surface area contributed by atoms with Crippen molar-refractivity contribution >= 4 is 39.9 Å². The van der Waals surface area contributed by atoms with Crippen LogP contribution in [0.15, 0.2) is 17.4 Å². The molecule has 0 bridgehead atoms. The van der Waals surface area contributed by atoms with Crippen LogP contribution in [-0.4, -0.2) is 27.0 Å². The van der Waals surface area contributed by atoms with E-state index in [-0.39, 0.29) is 11.2 Å². The molecule has 132 valence electrons. The molecule has 2 amide bonds. The molecule has 0 saturated heterocycles. The maximum atomic E-state index is 12.6. The molecule has 2 aromatic rings. The minimum Gasteiger partial charge on any atom is -0.365 e. The first-order chi connectivity index (χ1) is 12.0. The summed E-state index contributed by atoms with van der Waals surface area (Å²) < 4.78 is 0. The fraction of sp³-hybridized carbons (Fsp3) is 0.412. The Morgan fingerprint density at radius 2 is 2.08 bits per heavy atom. The van der Waals surface area contributed by atoms with Gasteiger partial charge in [-0.15, -0.1) is 11.3 Å². The summed E-state index contributed by atoms with van der Waals surface area (Å²) in [5.74, 6) is -0.635. The maximum absolute atomic E-state index is 12.6. The molecule has 0 aromatic carbocycles. The standard InChI is InChI=1S/C17H20N4O2S2/c1-9-7-13(20-8-19-9)24-10(2)16(23)21-17-14(15(18)22)11-5-3-4-6-12(11)25-17/h7-8,10H,3-6H2,1-2H3,(H2,18,22)(H,21,23)/t10-/m1/s1. The van der Waals surface area contributed by atoms with Crippen LogP contribution in [0.2, 0.25) is 0 Å². The number of rotatable bonds is 5. The zero-order valence-electron chi connectivity index (χ0n) is 14.2. The van der Waals surface area contributed by atoms with Crippen molar-refractivity contribution in [3.8, 4) is 0 Å². The second-order valence-electron chi connectivity index (χ2n) is 6.03. The van der Waals surface area contributed by atoms with Crippen molar-refractivity contribution in [3.05, 3.63) is 34.1 Å². The normalized spacial score (nSPS) is 14.6. The summed E-state index contributed by atoms with van der Waals surface area (Å²) in [6.07, 6.45) is 5.45. The average Bonchev–Trinajstić information content (AvgIpc) is 2.92. The van der Waals surface area contributed by atoms with Gasteiger partial charge in [-0.05, 0) is 51.2 Å². The third-order valence-corrected chi connectivity index (χ3v) is 6.34. The molecular weight excluding hydrogens is 356 g/mol. The van der Waals surface area contributed by atoms with Gasteiger partial charge in [-0.3, -0.25) is 9.59 Å². The van der Waals surface area contributed by atoms with E-state index in [1.165, 1.54) is 34.3 Å². The first kappa shape index (κ1) is 17.9. The quantitative estimate of drug-likeness (QED) is 0.617. The lowest BCUT2D eigenvalue weighted by molar-refractivity contribution is -0.115. The average molecular weight is 377 g/mol. The number of hydrogen-bond acceptors (Lipinski definition) is 6. The monoisotopic (exact) mass is 376 g/mol. The highest BCUT2D eigenvalue weighted by Gasteiger charge is 2.26. The number of nitrogens with zero attached hydrogens (tertiary/aromatic N) is 2. The third kappa shape index (κ3) is 4.01. The van der Waals surface area contributed by atoms with Crippen molar-refractivity contribution in [3.63, 3.8) is 0 Å². The van der Waals surface area contributed by atoms with Gasteiger partial charge in [-0.2, -0.15) is 0 Å². The summed E-state index contributed by atoms with van der Waals surface area (Å²) in [7, 11) is 0. The van der Waals surface area contributed by atoms with Gasteiger partial charge in [0, 0.05) is 10.6 Å². The topological polar surface area (TPSA) is 98.0 Å². The molecule has 0 fully saturated rings. The van der Waals surface area contributed by atoms with Crippen molar-refractivity contribution in [2.75, 3.05) is 5.32 Å². The molecule has 0 radical (unpaired) electrons. The summed E-state index contributed by atoms with van der Waals surface area (Å²) in [5.41, 5.74) is 7.93. The molecule has 1 aliphatic rings. The number of fused-ring (bicyclic) bond motifs is 1. The van der Waals surface area contributed by atoms with Crippen molar-refractivity contribution in [1.29, 1.82) is 0 Å². The Hall–Kier alpha value is -1.93. The van der Waals surface area contributed by atoms with E-state index in [1.807, 2.05) is 19.9 Å². The molecule has 0 aliphatic heterocycles. The van der Waals surface area contributed by atoms with Crippen LogP contribution in [0.5, 0.6) is 0 Å². The second kappa shape index (κ2) is 7.53. The number of primary amides is 1. The van der Waals surface area contributed by atoms with Crippen LogP contribution >= 0.6 is 23.1 Å². The molecule has 0 unspecified atom stereocenters. The van der Waals surface area contributed by atoms with E-state index >= 15 is 0 Å². The first-order valence-electron chi connectivity index (χ1n) is 8.16. The first-order valence-corrected chi connectivity index (χ1v) is 9.86. The summed E-state index contributed by atoms with van der Waals surface area (Å²) in [6, 6.07) is 1.84. The van der Waals surface area contributed by atoms with Gasteiger partial charge in [0.2, 0.25) is 5.91 Å². The number of nitrogens with one attached hydrogen (secondary N) is 1. The van der Waals surface area contributed by atoms with Gasteiger partial charge in [-0.1, -0.05) is 11.8 Å². The summed E-state index contributed by atoms with van der Waals surface area (Å²) >= 11 is 2.84. The molecule has 3 rings (SSSR count). The number of nitrogens with two attached hydrogens (primary N) is 1. The highest BCUT2D eigenvalue weighted by Crippen LogP contribution is 2.38. The smallest absolute Gasteiger partial charge is 0.251 e. The SMILES string of the molecule is Cc1cc(S[C@H](C)C(=O)Nc2sc3c(c2C(N)=O)CCCC3)ncn1. The van der Waals surface area contributed by atoms with Gasteiger partial charge in [-0.25, -0.2) is 9.97 Å². The number of amides is 2. The minimum absolute atomic E-state index is 0.164. The van der Waals surface area contributed by atoms with Gasteiger partial charge < -0.3 is 11.1 Å². The van der Waals surface area contributed by atoms with Crippen LogP contribution in [0.3, 0.4) is 0 Å². The van der Waals surface area contributed by atoms with Crippen molar-refractivity contribution in [2.24, 2.45) is 5.73 Å². The van der Waals surface area contributed by atoms with Crippen LogP contribution in [0, 0.1) is 6.92 Å². The molecule has 8 heteroatoms. The van der Waals surface area contributed by atoms with E-state index in [0.717, 1.165) is 42.0 Å². The van der Waals surface area contributed by atoms with Gasteiger partial charge in [0.15, 0.2) is 0 Å². The van der Waals surface area contributed by atoms with E-state index in [1.54, 1.807) is 0 Å². The van der Waals surface area contributed by atoms with Crippen LogP contribution in [0.4, 0.5) is 5.00 Å². The molecule has 6 nitrogen and oxygen atoms in total. The van der Waals surface area contributed by atoms with Crippen molar-refractivity contribution in [1.82, 2.24) is 9.97 Å². The van der Waals surface area contributed by atoms with Gasteiger partial charge in [0.05, 0.1) is 10.8 Å². The zero-order chi connectivity index (χ0) is 18.0. The predicted molar refractivity (Wildman–Crippen MR) is 100 cm³/mol. The highest BCUT2D eigenvalue weighted by atomic mass is 32.2. The molecule has 25 heavy (non-hydrogen) atoms. The number of anilines is 1. The Kier molecular flexibility index (Phi) is 5.39. The highest BCUT2D eigenvalue weighted by molar-refractivity contribution is 8.00. The molecule has 0 saturated carbocycles. The number of carbonyl (C=O) groups is 2. The molecule has 2 aromatic heterocycles. The maximum Gasteiger partial charge on any atom is 0.251 e. The number of thiophene rings is 1. The number of thioether (sulfide) groups is 1. The van der Waals surface area contributed by atoms with Crippen LogP contribution in [0.25, 0.3) is 0 Å². The number of aryl methyl sites for hydroxylation is 2. The summed E-state index contributed by atoms with van der Waals surface area (Å²) in [6.45, 7) is 3.70. The van der Waals surface area contributed by atoms with Crippen molar-refractivity contribution in [2.45, 2.75) is 49.8 Å². The minimum atomic E-state index is -0.471. The zero-order valence-corrected chi connectivity index (χ0v) is 15.8. The lowest BCUT2D eigenvalue weighted by Crippen LogP contribution is -2.24. The number of aromatic nitrogens is 2. The molecular formula is C17H20N4O2S2. The Labute approximate surface area is 154 Å².